The van der Waals surface area contributed by atoms with Crippen molar-refractivity contribution in [3.63, 3.8) is 0 Å². The molecule has 4 aromatic rings. The monoisotopic (exact) mass is 479 g/mol. The van der Waals surface area contributed by atoms with Crippen LogP contribution in [-0.2, 0) is 24.2 Å². The number of para-hydroxylation sites is 3. The molecule has 2 amide bonds. The van der Waals surface area contributed by atoms with E-state index in [9.17, 15) is 14.4 Å². The Labute approximate surface area is 207 Å². The molecule has 2 aliphatic heterocycles. The third kappa shape index (κ3) is 3.82. The number of benzene rings is 3. The Morgan fingerprint density at radius 2 is 1.78 bits per heavy atom. The number of nitrogens with zero attached hydrogens (tertiary/aromatic N) is 2. The fraction of sp³-hybridized carbons (Fsp3) is 0.207. The van der Waals surface area contributed by atoms with Crippen LogP contribution in [0.1, 0.15) is 21.5 Å². The molecule has 36 heavy (non-hydrogen) atoms. The highest BCUT2D eigenvalue weighted by Gasteiger charge is 2.35. The normalized spacial score (nSPS) is 15.9. The predicted octanol–water partition coefficient (Wildman–Crippen LogP) is 3.32. The number of aromatic nitrogens is 1. The summed E-state index contributed by atoms with van der Waals surface area (Å²) >= 11 is 0. The maximum atomic E-state index is 13.8. The molecular weight excluding hydrogens is 454 g/mol. The zero-order valence-electron chi connectivity index (χ0n) is 19.6. The maximum absolute atomic E-state index is 13.8. The van der Waals surface area contributed by atoms with E-state index in [2.05, 4.69) is 5.32 Å². The number of ether oxygens (including phenoxy) is 1. The molecule has 0 spiro atoms. The number of carbonyl (C=O) groups excluding carboxylic acids is 2. The van der Waals surface area contributed by atoms with E-state index in [1.165, 1.54) is 4.90 Å². The first kappa shape index (κ1) is 22.1. The topological polar surface area (TPSA) is 80.6 Å². The van der Waals surface area contributed by atoms with Crippen molar-refractivity contribution in [1.29, 1.82) is 0 Å². The van der Waals surface area contributed by atoms with Gasteiger partial charge >= 0.3 is 0 Å². The SMILES string of the molecule is O=C(NCCc1ccccc1)[C@H]1CN(C(=O)c2cn3c4c(cccc4c2=O)CC3)c2ccccc2O1. The van der Waals surface area contributed by atoms with Gasteiger partial charge in [0, 0.05) is 24.7 Å². The lowest BCUT2D eigenvalue weighted by molar-refractivity contribution is -0.127. The smallest absolute Gasteiger partial charge is 0.264 e. The highest BCUT2D eigenvalue weighted by Crippen LogP contribution is 2.34. The summed E-state index contributed by atoms with van der Waals surface area (Å²) in [5.41, 5.74) is 3.50. The molecule has 2 aliphatic rings. The lowest BCUT2D eigenvalue weighted by Gasteiger charge is -2.34. The second-order valence-corrected chi connectivity index (χ2v) is 9.15. The summed E-state index contributed by atoms with van der Waals surface area (Å²) in [5.74, 6) is -0.287. The predicted molar refractivity (Wildman–Crippen MR) is 138 cm³/mol. The van der Waals surface area contributed by atoms with Crippen LogP contribution in [0.2, 0.25) is 0 Å². The standard InChI is InChI=1S/C29H25N3O4/c33-27-21-10-6-9-20-14-16-31(26(20)21)17-22(27)29(35)32-18-25(36-24-12-5-4-11-23(24)32)28(34)30-15-13-19-7-2-1-3-8-19/h1-12,17,25H,13-16,18H2,(H,30,34)/t25-/m1/s1. The van der Waals surface area contributed by atoms with Crippen LogP contribution < -0.4 is 20.4 Å². The van der Waals surface area contributed by atoms with E-state index in [4.69, 9.17) is 4.74 Å². The van der Waals surface area contributed by atoms with Crippen molar-refractivity contribution in [2.24, 2.45) is 0 Å². The van der Waals surface area contributed by atoms with Gasteiger partial charge in [0.1, 0.15) is 11.3 Å². The number of hydrogen-bond acceptors (Lipinski definition) is 4. The molecule has 0 unspecified atom stereocenters. The van der Waals surface area contributed by atoms with Crippen LogP contribution in [0.3, 0.4) is 0 Å². The Kier molecular flexibility index (Phi) is 5.52. The van der Waals surface area contributed by atoms with Gasteiger partial charge in [0.2, 0.25) is 5.43 Å². The number of pyridine rings is 1. The molecule has 0 aliphatic carbocycles. The Hall–Kier alpha value is -4.39. The number of aryl methyl sites for hydroxylation is 2. The van der Waals surface area contributed by atoms with E-state index >= 15 is 0 Å². The molecule has 0 fully saturated rings. The summed E-state index contributed by atoms with van der Waals surface area (Å²) in [6.45, 7) is 1.20. The van der Waals surface area contributed by atoms with Crippen LogP contribution in [0.15, 0.2) is 83.8 Å². The highest BCUT2D eigenvalue weighted by molar-refractivity contribution is 6.09. The van der Waals surface area contributed by atoms with Crippen molar-refractivity contribution in [3.05, 3.63) is 106 Å². The van der Waals surface area contributed by atoms with E-state index in [1.54, 1.807) is 30.5 Å². The second kappa shape index (κ2) is 9.00. The van der Waals surface area contributed by atoms with Crippen LogP contribution in [0.5, 0.6) is 5.75 Å². The van der Waals surface area contributed by atoms with Gasteiger partial charge in [0.25, 0.3) is 11.8 Å². The zero-order chi connectivity index (χ0) is 24.6. The van der Waals surface area contributed by atoms with Crippen molar-refractivity contribution < 1.29 is 14.3 Å². The number of hydrogen-bond donors (Lipinski definition) is 1. The Morgan fingerprint density at radius 3 is 2.64 bits per heavy atom. The van der Waals surface area contributed by atoms with Crippen LogP contribution >= 0.6 is 0 Å². The van der Waals surface area contributed by atoms with Crippen LogP contribution in [0.4, 0.5) is 5.69 Å². The number of fused-ring (bicyclic) bond motifs is 1. The van der Waals surface area contributed by atoms with Crippen LogP contribution in [0.25, 0.3) is 10.9 Å². The Balaban J connectivity index is 1.28. The molecule has 7 nitrogen and oxygen atoms in total. The van der Waals surface area contributed by atoms with Gasteiger partial charge in [-0.25, -0.2) is 0 Å². The highest BCUT2D eigenvalue weighted by atomic mass is 16.5. The minimum Gasteiger partial charge on any atom is -0.477 e. The first-order valence-corrected chi connectivity index (χ1v) is 12.1. The number of carbonyl (C=O) groups is 2. The van der Waals surface area contributed by atoms with Crippen molar-refractivity contribution in [2.75, 3.05) is 18.0 Å². The minimum atomic E-state index is -0.885. The molecule has 0 radical (unpaired) electrons. The summed E-state index contributed by atoms with van der Waals surface area (Å²) in [6.07, 6.45) is 2.30. The van der Waals surface area contributed by atoms with Gasteiger partial charge in [0.05, 0.1) is 17.7 Å². The average Bonchev–Trinajstić information content (AvgIpc) is 3.34. The van der Waals surface area contributed by atoms with E-state index in [0.717, 1.165) is 29.6 Å². The molecule has 0 saturated carbocycles. The van der Waals surface area contributed by atoms with Gasteiger partial charge in [-0.05, 0) is 42.2 Å². The fourth-order valence-corrected chi connectivity index (χ4v) is 5.11. The van der Waals surface area contributed by atoms with Crippen molar-refractivity contribution in [2.45, 2.75) is 25.5 Å². The summed E-state index contributed by atoms with van der Waals surface area (Å²) in [4.78, 5) is 41.7. The number of anilines is 1. The molecule has 1 aromatic heterocycles. The first-order valence-electron chi connectivity index (χ1n) is 12.1. The van der Waals surface area contributed by atoms with Gasteiger partial charge in [-0.3, -0.25) is 14.4 Å². The lowest BCUT2D eigenvalue weighted by Crippen LogP contribution is -2.51. The molecule has 7 heteroatoms. The summed E-state index contributed by atoms with van der Waals surface area (Å²) < 4.78 is 7.96. The van der Waals surface area contributed by atoms with E-state index in [0.29, 0.717) is 29.8 Å². The van der Waals surface area contributed by atoms with E-state index in [-0.39, 0.29) is 23.4 Å². The second-order valence-electron chi connectivity index (χ2n) is 9.15. The molecule has 1 N–H and O–H groups in total. The molecule has 0 bridgehead atoms. The largest absolute Gasteiger partial charge is 0.477 e. The molecular formula is C29H25N3O4. The molecule has 1 atom stereocenters. The molecule has 3 heterocycles. The summed E-state index contributed by atoms with van der Waals surface area (Å²) in [6, 6.07) is 22.7. The van der Waals surface area contributed by atoms with Crippen molar-refractivity contribution in [3.8, 4) is 5.75 Å². The van der Waals surface area contributed by atoms with E-state index < -0.39 is 12.0 Å². The average molecular weight is 480 g/mol. The van der Waals surface area contributed by atoms with Crippen molar-refractivity contribution in [1.82, 2.24) is 9.88 Å². The third-order valence-corrected chi connectivity index (χ3v) is 6.90. The van der Waals surface area contributed by atoms with E-state index in [1.807, 2.05) is 53.1 Å². The Morgan fingerprint density at radius 1 is 0.972 bits per heavy atom. The zero-order valence-corrected chi connectivity index (χ0v) is 19.6. The third-order valence-electron chi connectivity index (χ3n) is 6.90. The number of rotatable bonds is 5. The molecule has 180 valence electrons. The maximum Gasteiger partial charge on any atom is 0.264 e. The van der Waals surface area contributed by atoms with Crippen molar-refractivity contribution >= 4 is 28.4 Å². The van der Waals surface area contributed by atoms with Crippen LogP contribution in [0, 0.1) is 0 Å². The Bertz CT molecular complexity index is 1540. The van der Waals surface area contributed by atoms with Gasteiger partial charge in [-0.15, -0.1) is 0 Å². The fourth-order valence-electron chi connectivity index (χ4n) is 5.11. The minimum absolute atomic E-state index is 0.0184. The number of nitrogens with one attached hydrogen (secondary N) is 1. The summed E-state index contributed by atoms with van der Waals surface area (Å²) in [7, 11) is 0. The summed E-state index contributed by atoms with van der Waals surface area (Å²) in [5, 5.41) is 3.47. The van der Waals surface area contributed by atoms with Gasteiger partial charge in [-0.1, -0.05) is 54.6 Å². The molecule has 6 rings (SSSR count). The van der Waals surface area contributed by atoms with Gasteiger partial charge < -0.3 is 19.5 Å². The van der Waals surface area contributed by atoms with Crippen LogP contribution in [-0.4, -0.2) is 35.6 Å². The quantitative estimate of drug-likeness (QED) is 0.476. The van der Waals surface area contributed by atoms with Gasteiger partial charge in [-0.2, -0.15) is 0 Å². The lowest BCUT2D eigenvalue weighted by atomic mass is 10.1. The molecule has 3 aromatic carbocycles. The molecule has 0 saturated heterocycles. The van der Waals surface area contributed by atoms with Gasteiger partial charge in [0.15, 0.2) is 6.10 Å². The number of amides is 2. The first-order chi connectivity index (χ1) is 17.6.